The topological polar surface area (TPSA) is 68.5 Å². The standard InChI is InChI=1S/C17H18F3N3O3/c1-10(23(25-2)14(24)9-11-3-4-11)12-5-7-13(8-6-12)15-21-16(26-22-15)17(18,19)20/h5-8,10-11H,3-4,9H2,1-2H3. The molecular weight excluding hydrogens is 351 g/mol. The highest BCUT2D eigenvalue weighted by molar-refractivity contribution is 5.76. The molecule has 0 spiro atoms. The molecule has 3 rings (SSSR count). The van der Waals surface area contributed by atoms with Crippen LogP contribution in [0, 0.1) is 5.92 Å². The number of carbonyl (C=O) groups is 1. The van der Waals surface area contributed by atoms with Gasteiger partial charge < -0.3 is 4.52 Å². The minimum atomic E-state index is -4.68. The van der Waals surface area contributed by atoms with E-state index >= 15 is 0 Å². The minimum absolute atomic E-state index is 0.0837. The van der Waals surface area contributed by atoms with E-state index in [-0.39, 0.29) is 17.8 Å². The Morgan fingerprint density at radius 1 is 1.35 bits per heavy atom. The molecule has 1 aromatic heterocycles. The Morgan fingerprint density at radius 2 is 2.00 bits per heavy atom. The number of rotatable bonds is 6. The quantitative estimate of drug-likeness (QED) is 0.720. The summed E-state index contributed by atoms with van der Waals surface area (Å²) >= 11 is 0. The molecule has 0 aliphatic heterocycles. The highest BCUT2D eigenvalue weighted by Crippen LogP contribution is 2.34. The maximum absolute atomic E-state index is 12.5. The van der Waals surface area contributed by atoms with Gasteiger partial charge in [0.2, 0.25) is 11.7 Å². The van der Waals surface area contributed by atoms with Gasteiger partial charge >= 0.3 is 12.1 Å². The zero-order valence-electron chi connectivity index (χ0n) is 14.3. The predicted molar refractivity (Wildman–Crippen MR) is 84.3 cm³/mol. The molecule has 0 radical (unpaired) electrons. The second-order valence-corrected chi connectivity index (χ2v) is 6.27. The monoisotopic (exact) mass is 369 g/mol. The van der Waals surface area contributed by atoms with Gasteiger partial charge in [-0.3, -0.25) is 9.63 Å². The normalized spacial score (nSPS) is 15.7. The molecular formula is C17H18F3N3O3. The van der Waals surface area contributed by atoms with Crippen molar-refractivity contribution in [3.05, 3.63) is 35.7 Å². The van der Waals surface area contributed by atoms with Gasteiger partial charge in [0.15, 0.2) is 0 Å². The summed E-state index contributed by atoms with van der Waals surface area (Å²) in [5.74, 6) is -1.18. The molecule has 1 amide bonds. The Balaban J connectivity index is 1.73. The summed E-state index contributed by atoms with van der Waals surface area (Å²) in [5.41, 5.74) is 1.16. The molecule has 1 saturated carbocycles. The van der Waals surface area contributed by atoms with Gasteiger partial charge in [0, 0.05) is 12.0 Å². The summed E-state index contributed by atoms with van der Waals surface area (Å²) in [6, 6.07) is 6.21. The number of nitrogens with zero attached hydrogens (tertiary/aromatic N) is 3. The molecule has 2 aromatic rings. The molecule has 9 heteroatoms. The van der Waals surface area contributed by atoms with Crippen LogP contribution in [0.4, 0.5) is 13.2 Å². The van der Waals surface area contributed by atoms with Crippen molar-refractivity contribution in [2.24, 2.45) is 5.92 Å². The molecule has 6 nitrogen and oxygen atoms in total. The Hall–Kier alpha value is -2.42. The first-order valence-electron chi connectivity index (χ1n) is 8.17. The first-order chi connectivity index (χ1) is 12.3. The van der Waals surface area contributed by atoms with Gasteiger partial charge in [0.1, 0.15) is 0 Å². The SMILES string of the molecule is CON(C(=O)CC1CC1)C(C)c1ccc(-c2noc(C(F)(F)F)n2)cc1. The van der Waals surface area contributed by atoms with Crippen LogP contribution in [-0.4, -0.2) is 28.2 Å². The Labute approximate surface area is 147 Å². The van der Waals surface area contributed by atoms with Crippen molar-refractivity contribution in [2.45, 2.75) is 38.4 Å². The zero-order chi connectivity index (χ0) is 18.9. The van der Waals surface area contributed by atoms with E-state index in [2.05, 4.69) is 14.7 Å². The number of hydrogen-bond donors (Lipinski definition) is 0. The molecule has 1 heterocycles. The number of aromatic nitrogens is 2. The van der Waals surface area contributed by atoms with E-state index in [1.165, 1.54) is 12.2 Å². The molecule has 0 N–H and O–H groups in total. The highest BCUT2D eigenvalue weighted by Gasteiger charge is 2.38. The lowest BCUT2D eigenvalue weighted by Gasteiger charge is -2.27. The van der Waals surface area contributed by atoms with E-state index in [4.69, 9.17) is 4.84 Å². The Kier molecular flexibility index (Phi) is 4.99. The van der Waals surface area contributed by atoms with Gasteiger partial charge in [0.05, 0.1) is 13.2 Å². The van der Waals surface area contributed by atoms with Crippen molar-refractivity contribution >= 4 is 5.91 Å². The molecule has 1 aromatic carbocycles. The van der Waals surface area contributed by atoms with E-state index in [9.17, 15) is 18.0 Å². The summed E-state index contributed by atoms with van der Waals surface area (Å²) in [5, 5.41) is 4.67. The van der Waals surface area contributed by atoms with Gasteiger partial charge in [-0.25, -0.2) is 5.06 Å². The zero-order valence-corrected chi connectivity index (χ0v) is 14.3. The van der Waals surface area contributed by atoms with Crippen molar-refractivity contribution in [2.75, 3.05) is 7.11 Å². The Morgan fingerprint density at radius 3 is 2.50 bits per heavy atom. The molecule has 140 valence electrons. The molecule has 1 unspecified atom stereocenters. The number of hydrogen-bond acceptors (Lipinski definition) is 5. The van der Waals surface area contributed by atoms with Crippen LogP contribution in [0.25, 0.3) is 11.4 Å². The Bertz CT molecular complexity index is 770. The lowest BCUT2D eigenvalue weighted by molar-refractivity contribution is -0.188. The van der Waals surface area contributed by atoms with Crippen molar-refractivity contribution in [3.8, 4) is 11.4 Å². The molecule has 0 saturated heterocycles. The summed E-state index contributed by atoms with van der Waals surface area (Å²) < 4.78 is 41.8. The van der Waals surface area contributed by atoms with Gasteiger partial charge in [-0.1, -0.05) is 29.4 Å². The number of benzene rings is 1. The minimum Gasteiger partial charge on any atom is -0.329 e. The number of alkyl halides is 3. The maximum Gasteiger partial charge on any atom is 0.471 e. The van der Waals surface area contributed by atoms with Crippen molar-refractivity contribution in [1.29, 1.82) is 0 Å². The largest absolute Gasteiger partial charge is 0.471 e. The molecule has 1 aliphatic carbocycles. The highest BCUT2D eigenvalue weighted by atomic mass is 19.4. The molecule has 1 aliphatic rings. The van der Waals surface area contributed by atoms with Crippen LogP contribution < -0.4 is 0 Å². The molecule has 1 fully saturated rings. The fourth-order valence-corrected chi connectivity index (χ4v) is 2.64. The third-order valence-corrected chi connectivity index (χ3v) is 4.27. The van der Waals surface area contributed by atoms with E-state index < -0.39 is 12.1 Å². The second kappa shape index (κ2) is 7.06. The number of amides is 1. The van der Waals surface area contributed by atoms with E-state index in [0.29, 0.717) is 17.9 Å². The van der Waals surface area contributed by atoms with Crippen LogP contribution in [0.3, 0.4) is 0 Å². The second-order valence-electron chi connectivity index (χ2n) is 6.27. The average molecular weight is 369 g/mol. The number of carbonyl (C=O) groups excluding carboxylic acids is 1. The molecule has 1 atom stereocenters. The van der Waals surface area contributed by atoms with Gasteiger partial charge in [-0.05, 0) is 31.2 Å². The van der Waals surface area contributed by atoms with Gasteiger partial charge in [-0.15, -0.1) is 0 Å². The smallest absolute Gasteiger partial charge is 0.329 e. The predicted octanol–water partition coefficient (Wildman–Crippen LogP) is 4.01. The lowest BCUT2D eigenvalue weighted by Crippen LogP contribution is -2.32. The molecule has 0 bridgehead atoms. The average Bonchev–Trinajstić information content (AvgIpc) is 3.25. The first kappa shape index (κ1) is 18.4. The van der Waals surface area contributed by atoms with Gasteiger partial charge in [0.25, 0.3) is 0 Å². The van der Waals surface area contributed by atoms with Crippen molar-refractivity contribution < 1.29 is 27.3 Å². The fraction of sp³-hybridized carbons (Fsp3) is 0.471. The van der Waals surface area contributed by atoms with Crippen LogP contribution in [0.1, 0.15) is 43.7 Å². The van der Waals surface area contributed by atoms with E-state index in [1.807, 2.05) is 6.92 Å². The summed E-state index contributed by atoms with van der Waals surface area (Å²) in [6.45, 7) is 1.82. The van der Waals surface area contributed by atoms with E-state index in [0.717, 1.165) is 18.4 Å². The van der Waals surface area contributed by atoms with Crippen molar-refractivity contribution in [3.63, 3.8) is 0 Å². The van der Waals surface area contributed by atoms with Crippen LogP contribution in [-0.2, 0) is 15.8 Å². The third-order valence-electron chi connectivity index (χ3n) is 4.27. The summed E-state index contributed by atoms with van der Waals surface area (Å²) in [6.07, 6.45) is -2.09. The fourth-order valence-electron chi connectivity index (χ4n) is 2.64. The van der Waals surface area contributed by atoms with Crippen molar-refractivity contribution in [1.82, 2.24) is 15.2 Å². The van der Waals surface area contributed by atoms with Crippen LogP contribution in [0.5, 0.6) is 0 Å². The summed E-state index contributed by atoms with van der Waals surface area (Å²) in [7, 11) is 1.44. The maximum atomic E-state index is 12.5. The lowest BCUT2D eigenvalue weighted by atomic mass is 10.1. The molecule has 26 heavy (non-hydrogen) atoms. The van der Waals surface area contributed by atoms with Gasteiger partial charge in [-0.2, -0.15) is 18.2 Å². The van der Waals surface area contributed by atoms with Crippen LogP contribution >= 0.6 is 0 Å². The summed E-state index contributed by atoms with van der Waals surface area (Å²) in [4.78, 5) is 20.9. The number of hydroxylamine groups is 2. The third kappa shape index (κ3) is 4.04. The number of halogens is 3. The van der Waals surface area contributed by atoms with Crippen LogP contribution in [0.15, 0.2) is 28.8 Å². The van der Waals surface area contributed by atoms with Crippen LogP contribution in [0.2, 0.25) is 0 Å². The first-order valence-corrected chi connectivity index (χ1v) is 8.17. The van der Waals surface area contributed by atoms with E-state index in [1.54, 1.807) is 24.3 Å².